The van der Waals surface area contributed by atoms with Gasteiger partial charge in [-0.2, -0.15) is 0 Å². The standard InChI is InChI=1S/C18H26N2O2/c1-19(14-18(22)10-4-5-11-18)12-9-17(21)20-13-8-15-6-2-3-7-16(15)20/h2-3,6-7,22H,4-5,8-14H2,1H3. The van der Waals surface area contributed by atoms with Gasteiger partial charge < -0.3 is 14.9 Å². The highest BCUT2D eigenvalue weighted by atomic mass is 16.3. The molecule has 1 fully saturated rings. The van der Waals surface area contributed by atoms with Crippen molar-refractivity contribution >= 4 is 11.6 Å². The number of para-hydroxylation sites is 1. The number of hydrogen-bond acceptors (Lipinski definition) is 3. The van der Waals surface area contributed by atoms with Crippen LogP contribution in [-0.4, -0.2) is 48.2 Å². The van der Waals surface area contributed by atoms with E-state index in [1.54, 1.807) is 0 Å². The van der Waals surface area contributed by atoms with Crippen LogP contribution in [0.15, 0.2) is 24.3 Å². The summed E-state index contributed by atoms with van der Waals surface area (Å²) in [7, 11) is 2.00. The number of carbonyl (C=O) groups is 1. The van der Waals surface area contributed by atoms with E-state index in [0.717, 1.165) is 44.3 Å². The Morgan fingerprint density at radius 3 is 2.82 bits per heavy atom. The van der Waals surface area contributed by atoms with Crippen LogP contribution >= 0.6 is 0 Å². The Morgan fingerprint density at radius 1 is 1.32 bits per heavy atom. The minimum atomic E-state index is -0.530. The van der Waals surface area contributed by atoms with E-state index in [0.29, 0.717) is 19.5 Å². The third-order valence-electron chi connectivity index (χ3n) is 4.99. The molecule has 0 atom stereocenters. The Labute approximate surface area is 132 Å². The molecule has 1 amide bonds. The summed E-state index contributed by atoms with van der Waals surface area (Å²) in [5, 5.41) is 10.4. The number of rotatable bonds is 5. The molecule has 1 heterocycles. The molecule has 1 aliphatic heterocycles. The quantitative estimate of drug-likeness (QED) is 0.907. The van der Waals surface area contributed by atoms with Gasteiger partial charge in [0.05, 0.1) is 5.60 Å². The number of carbonyl (C=O) groups excluding carboxylic acids is 1. The maximum absolute atomic E-state index is 12.5. The van der Waals surface area contributed by atoms with Crippen LogP contribution in [-0.2, 0) is 11.2 Å². The molecule has 0 aromatic heterocycles. The van der Waals surface area contributed by atoms with Crippen LogP contribution in [0.3, 0.4) is 0 Å². The van der Waals surface area contributed by atoms with E-state index in [1.165, 1.54) is 5.56 Å². The number of amides is 1. The molecule has 0 spiro atoms. The van der Waals surface area contributed by atoms with Crippen LogP contribution in [0.4, 0.5) is 5.69 Å². The Hall–Kier alpha value is -1.39. The first kappa shape index (κ1) is 15.5. The van der Waals surface area contributed by atoms with Gasteiger partial charge in [0.15, 0.2) is 0 Å². The van der Waals surface area contributed by atoms with Crippen LogP contribution in [0, 0.1) is 0 Å². The molecule has 0 bridgehead atoms. The van der Waals surface area contributed by atoms with Crippen LogP contribution < -0.4 is 4.90 Å². The van der Waals surface area contributed by atoms with Gasteiger partial charge in [0.1, 0.15) is 0 Å². The van der Waals surface area contributed by atoms with Crippen molar-refractivity contribution in [3.8, 4) is 0 Å². The second kappa shape index (κ2) is 6.39. The van der Waals surface area contributed by atoms with E-state index in [9.17, 15) is 9.90 Å². The fourth-order valence-corrected chi connectivity index (χ4v) is 3.79. The lowest BCUT2D eigenvalue weighted by atomic mass is 10.0. The molecule has 1 N–H and O–H groups in total. The lowest BCUT2D eigenvalue weighted by molar-refractivity contribution is -0.119. The summed E-state index contributed by atoms with van der Waals surface area (Å²) < 4.78 is 0. The van der Waals surface area contributed by atoms with Gasteiger partial charge in [-0.25, -0.2) is 0 Å². The molecule has 1 saturated carbocycles. The van der Waals surface area contributed by atoms with Crippen molar-refractivity contribution in [3.63, 3.8) is 0 Å². The van der Waals surface area contributed by atoms with Crippen molar-refractivity contribution in [3.05, 3.63) is 29.8 Å². The molecule has 0 saturated heterocycles. The molecule has 0 radical (unpaired) electrons. The van der Waals surface area contributed by atoms with Gasteiger partial charge in [-0.05, 0) is 37.9 Å². The van der Waals surface area contributed by atoms with Crippen molar-refractivity contribution in [1.82, 2.24) is 4.90 Å². The normalized spacial score (nSPS) is 19.7. The second-order valence-corrected chi connectivity index (χ2v) is 6.84. The summed E-state index contributed by atoms with van der Waals surface area (Å²) in [5.74, 6) is 0.190. The average Bonchev–Trinajstić information content (AvgIpc) is 3.11. The highest BCUT2D eigenvalue weighted by Gasteiger charge is 2.32. The number of benzene rings is 1. The molecular weight excluding hydrogens is 276 g/mol. The lowest BCUT2D eigenvalue weighted by Crippen LogP contribution is -2.41. The third kappa shape index (κ3) is 3.33. The van der Waals surface area contributed by atoms with Gasteiger partial charge >= 0.3 is 0 Å². The molecule has 0 unspecified atom stereocenters. The largest absolute Gasteiger partial charge is 0.389 e. The van der Waals surface area contributed by atoms with Crippen LogP contribution in [0.2, 0.25) is 0 Å². The van der Waals surface area contributed by atoms with Gasteiger partial charge in [-0.1, -0.05) is 31.0 Å². The zero-order valence-electron chi connectivity index (χ0n) is 13.4. The maximum Gasteiger partial charge on any atom is 0.228 e. The summed E-state index contributed by atoms with van der Waals surface area (Å²) in [5.41, 5.74) is 1.81. The first-order chi connectivity index (χ1) is 10.6. The Morgan fingerprint density at radius 2 is 2.05 bits per heavy atom. The average molecular weight is 302 g/mol. The highest BCUT2D eigenvalue weighted by Crippen LogP contribution is 2.30. The van der Waals surface area contributed by atoms with E-state index in [1.807, 2.05) is 30.1 Å². The first-order valence-electron chi connectivity index (χ1n) is 8.37. The molecule has 4 heteroatoms. The van der Waals surface area contributed by atoms with Crippen molar-refractivity contribution in [2.75, 3.05) is 31.6 Å². The molecule has 120 valence electrons. The monoisotopic (exact) mass is 302 g/mol. The van der Waals surface area contributed by atoms with E-state index < -0.39 is 5.60 Å². The fourth-order valence-electron chi connectivity index (χ4n) is 3.79. The van der Waals surface area contributed by atoms with E-state index in [2.05, 4.69) is 11.0 Å². The SMILES string of the molecule is CN(CCC(=O)N1CCc2ccccc21)CC1(O)CCCC1. The summed E-state index contributed by atoms with van der Waals surface area (Å²) in [6.45, 7) is 2.18. The van der Waals surface area contributed by atoms with Crippen molar-refractivity contribution in [2.45, 2.75) is 44.1 Å². The Balaban J connectivity index is 1.50. The van der Waals surface area contributed by atoms with Crippen molar-refractivity contribution < 1.29 is 9.90 Å². The molecular formula is C18H26N2O2. The first-order valence-corrected chi connectivity index (χ1v) is 8.37. The molecule has 1 aromatic carbocycles. The number of anilines is 1. The van der Waals surface area contributed by atoms with Gasteiger partial charge in [0, 0.05) is 31.7 Å². The maximum atomic E-state index is 12.5. The number of hydrogen-bond donors (Lipinski definition) is 1. The van der Waals surface area contributed by atoms with Gasteiger partial charge in [-0.15, -0.1) is 0 Å². The second-order valence-electron chi connectivity index (χ2n) is 6.84. The Bertz CT molecular complexity index is 538. The van der Waals surface area contributed by atoms with Gasteiger partial charge in [0.25, 0.3) is 0 Å². The zero-order chi connectivity index (χ0) is 15.6. The number of aliphatic hydroxyl groups is 1. The number of nitrogens with zero attached hydrogens (tertiary/aromatic N) is 2. The fraction of sp³-hybridized carbons (Fsp3) is 0.611. The smallest absolute Gasteiger partial charge is 0.228 e. The van der Waals surface area contributed by atoms with Gasteiger partial charge in [-0.3, -0.25) is 4.79 Å². The number of fused-ring (bicyclic) bond motifs is 1. The third-order valence-corrected chi connectivity index (χ3v) is 4.99. The topological polar surface area (TPSA) is 43.8 Å². The zero-order valence-corrected chi connectivity index (χ0v) is 13.4. The summed E-state index contributed by atoms with van der Waals surface area (Å²) in [4.78, 5) is 16.5. The molecule has 1 aliphatic carbocycles. The van der Waals surface area contributed by atoms with Crippen LogP contribution in [0.5, 0.6) is 0 Å². The highest BCUT2D eigenvalue weighted by molar-refractivity contribution is 5.95. The van der Waals surface area contributed by atoms with Gasteiger partial charge in [0.2, 0.25) is 5.91 Å². The van der Waals surface area contributed by atoms with Crippen LogP contribution in [0.25, 0.3) is 0 Å². The minimum Gasteiger partial charge on any atom is -0.389 e. The molecule has 3 rings (SSSR count). The lowest BCUT2D eigenvalue weighted by Gasteiger charge is -2.29. The predicted octanol–water partition coefficient (Wildman–Crippen LogP) is 2.20. The number of likely N-dealkylation sites (N-methyl/N-ethyl adjacent to an activating group) is 1. The van der Waals surface area contributed by atoms with Crippen molar-refractivity contribution in [1.29, 1.82) is 0 Å². The molecule has 1 aromatic rings. The molecule has 22 heavy (non-hydrogen) atoms. The Kier molecular flexibility index (Phi) is 4.50. The van der Waals surface area contributed by atoms with E-state index in [-0.39, 0.29) is 5.91 Å². The summed E-state index contributed by atoms with van der Waals surface area (Å²) in [6.07, 6.45) is 5.50. The molecule has 4 nitrogen and oxygen atoms in total. The minimum absolute atomic E-state index is 0.190. The van der Waals surface area contributed by atoms with E-state index >= 15 is 0 Å². The molecule has 2 aliphatic rings. The van der Waals surface area contributed by atoms with E-state index in [4.69, 9.17) is 0 Å². The van der Waals surface area contributed by atoms with Crippen molar-refractivity contribution in [2.24, 2.45) is 0 Å². The predicted molar refractivity (Wildman–Crippen MR) is 88.0 cm³/mol. The summed E-state index contributed by atoms with van der Waals surface area (Å²) >= 11 is 0. The van der Waals surface area contributed by atoms with Crippen LogP contribution in [0.1, 0.15) is 37.7 Å². The summed E-state index contributed by atoms with van der Waals surface area (Å²) in [6, 6.07) is 8.16.